The average Bonchev–Trinajstić information content (AvgIpc) is 3.58. The Hall–Kier alpha value is -3.16. The van der Waals surface area contributed by atoms with Gasteiger partial charge < -0.3 is 19.7 Å². The van der Waals surface area contributed by atoms with Crippen molar-refractivity contribution in [2.45, 2.75) is 38.0 Å². The molecule has 1 N–H and O–H groups in total. The van der Waals surface area contributed by atoms with Gasteiger partial charge in [-0.25, -0.2) is 0 Å². The molecule has 2 atom stereocenters. The first kappa shape index (κ1) is 24.0. The molecular weight excluding hydrogens is 448 g/mol. The molecule has 34 heavy (non-hydrogen) atoms. The van der Waals surface area contributed by atoms with Gasteiger partial charge in [-0.2, -0.15) is 0 Å². The maximum absolute atomic E-state index is 13.6. The van der Waals surface area contributed by atoms with E-state index < -0.39 is 6.04 Å². The predicted molar refractivity (Wildman–Crippen MR) is 133 cm³/mol. The van der Waals surface area contributed by atoms with Gasteiger partial charge in [0.15, 0.2) is 0 Å². The first-order chi connectivity index (χ1) is 16.6. The van der Waals surface area contributed by atoms with Gasteiger partial charge in [0, 0.05) is 24.6 Å². The highest BCUT2D eigenvalue weighted by atomic mass is 32.1. The van der Waals surface area contributed by atoms with Crippen molar-refractivity contribution >= 4 is 23.2 Å². The van der Waals surface area contributed by atoms with Gasteiger partial charge in [-0.15, -0.1) is 11.3 Å². The molecule has 2 heterocycles. The lowest BCUT2D eigenvalue weighted by atomic mass is 10.0. The third-order valence-electron chi connectivity index (χ3n) is 5.95. The lowest BCUT2D eigenvalue weighted by Crippen LogP contribution is -2.47. The fourth-order valence-electron chi connectivity index (χ4n) is 4.16. The van der Waals surface area contributed by atoms with Crippen LogP contribution in [0.15, 0.2) is 72.1 Å². The number of nitrogens with zero attached hydrogens (tertiary/aromatic N) is 1. The normalized spacial score (nSPS) is 16.1. The second kappa shape index (κ2) is 11.8. The number of nitrogens with one attached hydrogen (secondary N) is 1. The summed E-state index contributed by atoms with van der Waals surface area (Å²) in [5.74, 6) is 0.477. The Morgan fingerprint density at radius 1 is 1.12 bits per heavy atom. The molecule has 3 aromatic rings. The number of carbonyl (C=O) groups excluding carboxylic acids is 2. The number of amides is 2. The van der Waals surface area contributed by atoms with Crippen molar-refractivity contribution in [2.75, 3.05) is 20.3 Å². The van der Waals surface area contributed by atoms with E-state index in [9.17, 15) is 9.59 Å². The molecule has 0 saturated carbocycles. The molecule has 1 aliphatic heterocycles. The molecule has 4 rings (SSSR count). The van der Waals surface area contributed by atoms with Crippen LogP contribution in [0.2, 0.25) is 0 Å². The SMILES string of the molecule is COc1ccc(CNC(=O)[C@H](c2ccccc2)N(C[C@H]2CCCO2)C(=O)Cc2cccs2)cc1. The molecule has 0 bridgehead atoms. The van der Waals surface area contributed by atoms with Crippen molar-refractivity contribution in [1.82, 2.24) is 10.2 Å². The van der Waals surface area contributed by atoms with Crippen molar-refractivity contribution in [3.8, 4) is 5.75 Å². The molecule has 0 aliphatic carbocycles. The van der Waals surface area contributed by atoms with Gasteiger partial charge in [0.1, 0.15) is 11.8 Å². The van der Waals surface area contributed by atoms with Crippen LogP contribution in [-0.2, 0) is 27.3 Å². The van der Waals surface area contributed by atoms with E-state index in [2.05, 4.69) is 5.32 Å². The Morgan fingerprint density at radius 2 is 1.91 bits per heavy atom. The summed E-state index contributed by atoms with van der Waals surface area (Å²) in [6, 6.07) is 20.2. The zero-order chi connectivity index (χ0) is 23.8. The fourth-order valence-corrected chi connectivity index (χ4v) is 4.86. The molecule has 1 fully saturated rings. The zero-order valence-corrected chi connectivity index (χ0v) is 20.1. The topological polar surface area (TPSA) is 67.9 Å². The van der Waals surface area contributed by atoms with Gasteiger partial charge in [0.25, 0.3) is 0 Å². The summed E-state index contributed by atoms with van der Waals surface area (Å²) in [4.78, 5) is 29.8. The number of thiophene rings is 1. The smallest absolute Gasteiger partial charge is 0.247 e. The Balaban J connectivity index is 1.58. The van der Waals surface area contributed by atoms with Gasteiger partial charge >= 0.3 is 0 Å². The van der Waals surface area contributed by atoms with E-state index in [0.717, 1.165) is 34.6 Å². The minimum absolute atomic E-state index is 0.0621. The molecule has 1 saturated heterocycles. The Labute approximate surface area is 204 Å². The third kappa shape index (κ3) is 6.24. The third-order valence-corrected chi connectivity index (χ3v) is 6.83. The molecule has 0 spiro atoms. The highest BCUT2D eigenvalue weighted by Gasteiger charge is 2.34. The summed E-state index contributed by atoms with van der Waals surface area (Å²) in [6.07, 6.45) is 2.06. The standard InChI is InChI=1S/C27H30N2O4S/c1-32-22-13-11-20(12-14-22)18-28-27(31)26(21-7-3-2-4-8-21)29(19-23-9-5-15-33-23)25(30)17-24-10-6-16-34-24/h2-4,6-8,10-14,16,23,26H,5,9,15,17-19H2,1H3,(H,28,31)/t23-,26+/m1/s1. The molecule has 0 radical (unpaired) electrons. The largest absolute Gasteiger partial charge is 0.497 e. The number of hydrogen-bond acceptors (Lipinski definition) is 5. The molecule has 2 amide bonds. The molecule has 1 aromatic heterocycles. The number of ether oxygens (including phenoxy) is 2. The zero-order valence-electron chi connectivity index (χ0n) is 19.3. The summed E-state index contributed by atoms with van der Waals surface area (Å²) < 4.78 is 11.1. The summed E-state index contributed by atoms with van der Waals surface area (Å²) >= 11 is 1.55. The maximum atomic E-state index is 13.6. The van der Waals surface area contributed by atoms with Crippen molar-refractivity contribution < 1.29 is 19.1 Å². The first-order valence-corrected chi connectivity index (χ1v) is 12.4. The minimum Gasteiger partial charge on any atom is -0.497 e. The van der Waals surface area contributed by atoms with Crippen LogP contribution in [0.1, 0.15) is 34.9 Å². The van der Waals surface area contributed by atoms with Gasteiger partial charge in [-0.3, -0.25) is 9.59 Å². The van der Waals surface area contributed by atoms with Crippen LogP contribution < -0.4 is 10.1 Å². The predicted octanol–water partition coefficient (Wildman–Crippen LogP) is 4.36. The Kier molecular flexibility index (Phi) is 8.33. The van der Waals surface area contributed by atoms with Crippen LogP contribution in [0.3, 0.4) is 0 Å². The van der Waals surface area contributed by atoms with Crippen molar-refractivity contribution in [3.05, 3.63) is 88.1 Å². The molecular formula is C27H30N2O4S. The quantitative estimate of drug-likeness (QED) is 0.470. The van der Waals surface area contributed by atoms with Crippen LogP contribution in [0.5, 0.6) is 5.75 Å². The summed E-state index contributed by atoms with van der Waals surface area (Å²) in [6.45, 7) is 1.44. The van der Waals surface area contributed by atoms with E-state index in [1.165, 1.54) is 0 Å². The average molecular weight is 479 g/mol. The second-order valence-corrected chi connectivity index (χ2v) is 9.35. The number of hydrogen-bond donors (Lipinski definition) is 1. The molecule has 6 nitrogen and oxygen atoms in total. The van der Waals surface area contributed by atoms with Crippen LogP contribution >= 0.6 is 11.3 Å². The maximum Gasteiger partial charge on any atom is 0.247 e. The second-order valence-electron chi connectivity index (χ2n) is 8.32. The van der Waals surface area contributed by atoms with E-state index in [-0.39, 0.29) is 24.3 Å². The Bertz CT molecular complexity index is 1050. The van der Waals surface area contributed by atoms with Crippen molar-refractivity contribution in [1.29, 1.82) is 0 Å². The fraction of sp³-hybridized carbons (Fsp3) is 0.333. The van der Waals surface area contributed by atoms with E-state index in [4.69, 9.17) is 9.47 Å². The highest BCUT2D eigenvalue weighted by Crippen LogP contribution is 2.26. The van der Waals surface area contributed by atoms with E-state index in [1.807, 2.05) is 72.1 Å². The van der Waals surface area contributed by atoms with Crippen LogP contribution in [0, 0.1) is 0 Å². The van der Waals surface area contributed by atoms with E-state index in [0.29, 0.717) is 19.7 Å². The lowest BCUT2D eigenvalue weighted by molar-refractivity contribution is -0.142. The number of methoxy groups -OCH3 is 1. The Morgan fingerprint density at radius 3 is 2.56 bits per heavy atom. The number of carbonyl (C=O) groups is 2. The highest BCUT2D eigenvalue weighted by molar-refractivity contribution is 7.10. The summed E-state index contributed by atoms with van der Waals surface area (Å²) in [7, 11) is 1.62. The number of rotatable bonds is 10. The first-order valence-electron chi connectivity index (χ1n) is 11.5. The summed E-state index contributed by atoms with van der Waals surface area (Å²) in [5.41, 5.74) is 1.74. The van der Waals surface area contributed by atoms with E-state index >= 15 is 0 Å². The van der Waals surface area contributed by atoms with Crippen LogP contribution in [0.25, 0.3) is 0 Å². The van der Waals surface area contributed by atoms with Crippen LogP contribution in [-0.4, -0.2) is 43.1 Å². The summed E-state index contributed by atoms with van der Waals surface area (Å²) in [5, 5.41) is 5.00. The molecule has 178 valence electrons. The van der Waals surface area contributed by atoms with Crippen molar-refractivity contribution in [2.24, 2.45) is 0 Å². The van der Waals surface area contributed by atoms with Crippen molar-refractivity contribution in [3.63, 3.8) is 0 Å². The van der Waals surface area contributed by atoms with Crippen LogP contribution in [0.4, 0.5) is 0 Å². The molecule has 7 heteroatoms. The van der Waals surface area contributed by atoms with E-state index in [1.54, 1.807) is 23.3 Å². The molecule has 2 aromatic carbocycles. The number of benzene rings is 2. The molecule has 1 aliphatic rings. The van der Waals surface area contributed by atoms with Gasteiger partial charge in [-0.05, 0) is 47.5 Å². The van der Waals surface area contributed by atoms with Gasteiger partial charge in [0.05, 0.1) is 19.6 Å². The molecule has 0 unspecified atom stereocenters. The van der Waals surface area contributed by atoms with Gasteiger partial charge in [-0.1, -0.05) is 48.5 Å². The minimum atomic E-state index is -0.740. The monoisotopic (exact) mass is 478 g/mol. The van der Waals surface area contributed by atoms with Gasteiger partial charge in [0.2, 0.25) is 11.8 Å². The lowest BCUT2D eigenvalue weighted by Gasteiger charge is -2.33.